The number of pyridine rings is 1. The van der Waals surface area contributed by atoms with Crippen molar-refractivity contribution in [3.63, 3.8) is 0 Å². The van der Waals surface area contributed by atoms with Crippen molar-refractivity contribution in [2.24, 2.45) is 5.73 Å². The minimum absolute atomic E-state index is 0.0455. The van der Waals surface area contributed by atoms with Crippen LogP contribution < -0.4 is 26.2 Å². The Morgan fingerprint density at radius 1 is 1.09 bits per heavy atom. The third-order valence-corrected chi connectivity index (χ3v) is 6.44. The standard InChI is InChI=1S/C23H25N5O5S/c1-15-11-12-28(27-34(31,32)19-9-7-18(33-2)8-10-19)23(30)20(15)13-21(29)26-14-16-3-5-17(6-4-16)22(24)25/h3-12,27H,13-14H2,1-2H3,(H3,24,25)(H,26,29). The van der Waals surface area contributed by atoms with Gasteiger partial charge in [-0.1, -0.05) is 24.3 Å². The minimum atomic E-state index is -4.04. The number of aryl methyl sites for hydroxylation is 1. The molecule has 34 heavy (non-hydrogen) atoms. The lowest BCUT2D eigenvalue weighted by molar-refractivity contribution is -0.120. The van der Waals surface area contributed by atoms with Gasteiger partial charge >= 0.3 is 0 Å². The largest absolute Gasteiger partial charge is 0.497 e. The number of hydrogen-bond acceptors (Lipinski definition) is 6. The van der Waals surface area contributed by atoms with Crippen LogP contribution in [0.15, 0.2) is 70.5 Å². The molecule has 2 aromatic carbocycles. The summed E-state index contributed by atoms with van der Waals surface area (Å²) in [7, 11) is -2.57. The average molecular weight is 484 g/mol. The summed E-state index contributed by atoms with van der Waals surface area (Å²) in [6.45, 7) is 1.90. The van der Waals surface area contributed by atoms with Gasteiger partial charge in [-0.05, 0) is 48.4 Å². The van der Waals surface area contributed by atoms with E-state index < -0.39 is 21.5 Å². The second kappa shape index (κ2) is 10.2. The molecule has 11 heteroatoms. The number of carbonyl (C=O) groups is 1. The number of carbonyl (C=O) groups excluding carboxylic acids is 1. The van der Waals surface area contributed by atoms with E-state index in [0.717, 1.165) is 10.2 Å². The molecular formula is C23H25N5O5S. The molecule has 178 valence electrons. The normalized spacial score (nSPS) is 11.0. The van der Waals surface area contributed by atoms with Crippen molar-refractivity contribution in [1.29, 1.82) is 5.41 Å². The quantitative estimate of drug-likeness (QED) is 0.265. The summed E-state index contributed by atoms with van der Waals surface area (Å²) in [4.78, 5) is 27.6. The van der Waals surface area contributed by atoms with Crippen molar-refractivity contribution in [2.45, 2.75) is 24.8 Å². The molecule has 0 saturated carbocycles. The number of methoxy groups -OCH3 is 1. The number of nitrogens with two attached hydrogens (primary N) is 1. The molecular weight excluding hydrogens is 458 g/mol. The maximum Gasteiger partial charge on any atom is 0.275 e. The van der Waals surface area contributed by atoms with Crippen LogP contribution >= 0.6 is 0 Å². The molecule has 0 unspecified atom stereocenters. The first kappa shape index (κ1) is 24.5. The summed E-state index contributed by atoms with van der Waals surface area (Å²) in [6, 6.07) is 14.1. The lowest BCUT2D eigenvalue weighted by atomic mass is 10.1. The van der Waals surface area contributed by atoms with Crippen molar-refractivity contribution in [2.75, 3.05) is 11.9 Å². The van der Waals surface area contributed by atoms with E-state index in [2.05, 4.69) is 10.1 Å². The van der Waals surface area contributed by atoms with Gasteiger partial charge in [-0.25, -0.2) is 9.51 Å². The summed E-state index contributed by atoms with van der Waals surface area (Å²) >= 11 is 0. The highest BCUT2D eigenvalue weighted by atomic mass is 32.2. The molecule has 0 spiro atoms. The van der Waals surface area contributed by atoms with Gasteiger partial charge in [-0.3, -0.25) is 15.0 Å². The highest BCUT2D eigenvalue weighted by molar-refractivity contribution is 7.92. The zero-order valence-corrected chi connectivity index (χ0v) is 19.5. The molecule has 0 fully saturated rings. The lowest BCUT2D eigenvalue weighted by Crippen LogP contribution is -2.36. The number of aromatic nitrogens is 1. The van der Waals surface area contributed by atoms with Crippen LogP contribution in [0.4, 0.5) is 0 Å². The number of amidine groups is 1. The predicted octanol–water partition coefficient (Wildman–Crippen LogP) is 1.24. The smallest absolute Gasteiger partial charge is 0.275 e. The van der Waals surface area contributed by atoms with Gasteiger partial charge in [0.05, 0.1) is 18.4 Å². The van der Waals surface area contributed by atoms with Crippen LogP contribution in [0.3, 0.4) is 0 Å². The van der Waals surface area contributed by atoms with Crippen molar-refractivity contribution in [3.05, 3.63) is 93.4 Å². The number of sulfonamides is 1. The van der Waals surface area contributed by atoms with E-state index in [1.54, 1.807) is 37.3 Å². The third-order valence-electron chi connectivity index (χ3n) is 5.11. The molecule has 0 saturated heterocycles. The molecule has 0 atom stereocenters. The second-order valence-electron chi connectivity index (χ2n) is 7.49. The lowest BCUT2D eigenvalue weighted by Gasteiger charge is -2.14. The van der Waals surface area contributed by atoms with E-state index >= 15 is 0 Å². The SMILES string of the molecule is COc1ccc(S(=O)(=O)Nn2ccc(C)c(CC(=O)NCc3ccc(C(=N)N)cc3)c2=O)cc1. The number of nitrogen functional groups attached to an aromatic ring is 1. The first-order valence-corrected chi connectivity index (χ1v) is 11.7. The van der Waals surface area contributed by atoms with Gasteiger partial charge in [0, 0.05) is 23.9 Å². The van der Waals surface area contributed by atoms with Gasteiger partial charge in [0.25, 0.3) is 15.6 Å². The van der Waals surface area contributed by atoms with E-state index in [4.69, 9.17) is 15.9 Å². The molecule has 0 aliphatic heterocycles. The zero-order chi connectivity index (χ0) is 24.9. The Morgan fingerprint density at radius 3 is 2.32 bits per heavy atom. The van der Waals surface area contributed by atoms with Crippen LogP contribution in [0.1, 0.15) is 22.3 Å². The first-order chi connectivity index (χ1) is 16.1. The van der Waals surface area contributed by atoms with E-state index in [0.29, 0.717) is 16.9 Å². The number of nitrogens with one attached hydrogen (secondary N) is 3. The minimum Gasteiger partial charge on any atom is -0.497 e. The third kappa shape index (κ3) is 5.81. The highest BCUT2D eigenvalue weighted by Crippen LogP contribution is 2.16. The Bertz CT molecular complexity index is 1360. The number of amides is 1. The number of ether oxygens (including phenoxy) is 1. The van der Waals surface area contributed by atoms with Gasteiger partial charge in [-0.15, -0.1) is 0 Å². The monoisotopic (exact) mass is 483 g/mol. The Balaban J connectivity index is 1.72. The number of rotatable bonds is 9. The maximum absolute atomic E-state index is 12.9. The van der Waals surface area contributed by atoms with E-state index in [1.165, 1.54) is 37.6 Å². The molecule has 10 nitrogen and oxygen atoms in total. The van der Waals surface area contributed by atoms with Gasteiger partial charge < -0.3 is 15.8 Å². The summed E-state index contributed by atoms with van der Waals surface area (Å²) in [6.07, 6.45) is 1.08. The van der Waals surface area contributed by atoms with Crippen molar-refractivity contribution >= 4 is 21.8 Å². The zero-order valence-electron chi connectivity index (χ0n) is 18.7. The van der Waals surface area contributed by atoms with Gasteiger partial charge in [0.1, 0.15) is 11.6 Å². The van der Waals surface area contributed by atoms with Crippen LogP contribution in [0.25, 0.3) is 0 Å². The van der Waals surface area contributed by atoms with E-state index in [9.17, 15) is 18.0 Å². The first-order valence-electron chi connectivity index (χ1n) is 10.2. The molecule has 1 amide bonds. The van der Waals surface area contributed by atoms with Gasteiger partial charge in [0.15, 0.2) is 0 Å². The van der Waals surface area contributed by atoms with Crippen LogP contribution in [0.5, 0.6) is 5.75 Å². The van der Waals surface area contributed by atoms with E-state index in [-0.39, 0.29) is 29.3 Å². The fourth-order valence-corrected chi connectivity index (χ4v) is 4.12. The molecule has 1 heterocycles. The van der Waals surface area contributed by atoms with Crippen molar-refractivity contribution in [1.82, 2.24) is 9.99 Å². The average Bonchev–Trinajstić information content (AvgIpc) is 2.82. The Kier molecular flexibility index (Phi) is 7.37. The predicted molar refractivity (Wildman–Crippen MR) is 128 cm³/mol. The highest BCUT2D eigenvalue weighted by Gasteiger charge is 2.18. The van der Waals surface area contributed by atoms with Crippen LogP contribution in [-0.4, -0.2) is 31.9 Å². The number of benzene rings is 2. The van der Waals surface area contributed by atoms with Crippen LogP contribution in [-0.2, 0) is 27.8 Å². The number of hydrogen-bond donors (Lipinski definition) is 4. The summed E-state index contributed by atoms with van der Waals surface area (Å²) in [5.74, 6) is 0.0511. The molecule has 0 radical (unpaired) electrons. The van der Waals surface area contributed by atoms with Crippen LogP contribution in [0.2, 0.25) is 0 Å². The van der Waals surface area contributed by atoms with E-state index in [1.807, 2.05) is 0 Å². The van der Waals surface area contributed by atoms with Gasteiger partial charge in [0.2, 0.25) is 5.91 Å². The summed E-state index contributed by atoms with van der Waals surface area (Å²) in [5.41, 5.74) is 6.90. The molecule has 0 aliphatic carbocycles. The number of nitrogens with zero attached hydrogens (tertiary/aromatic N) is 1. The van der Waals surface area contributed by atoms with Crippen molar-refractivity contribution in [3.8, 4) is 5.75 Å². The summed E-state index contributed by atoms with van der Waals surface area (Å²) < 4.78 is 31.2. The molecule has 3 aromatic rings. The fourth-order valence-electron chi connectivity index (χ4n) is 3.12. The maximum atomic E-state index is 12.9. The van der Waals surface area contributed by atoms with Gasteiger partial charge in [-0.2, -0.15) is 8.42 Å². The molecule has 5 N–H and O–H groups in total. The Morgan fingerprint density at radius 2 is 1.74 bits per heavy atom. The van der Waals surface area contributed by atoms with Crippen molar-refractivity contribution < 1.29 is 17.9 Å². The molecule has 0 bridgehead atoms. The second-order valence-corrected chi connectivity index (χ2v) is 9.15. The Labute approximate surface area is 196 Å². The molecule has 1 aromatic heterocycles. The Hall–Kier alpha value is -4.12. The molecule has 3 rings (SSSR count). The fraction of sp³-hybridized carbons (Fsp3) is 0.174. The summed E-state index contributed by atoms with van der Waals surface area (Å²) in [5, 5.41) is 10.1. The molecule has 0 aliphatic rings. The topological polar surface area (TPSA) is 156 Å². The van der Waals surface area contributed by atoms with Crippen LogP contribution in [0, 0.1) is 12.3 Å².